The van der Waals surface area contributed by atoms with Gasteiger partial charge in [0.2, 0.25) is 0 Å². The molecule has 0 atom stereocenters. The van der Waals surface area contributed by atoms with E-state index in [-0.39, 0.29) is 17.8 Å². The molecule has 0 bridgehead atoms. The number of hydrogen-bond acceptors (Lipinski definition) is 8. The summed E-state index contributed by atoms with van der Waals surface area (Å²) in [6, 6.07) is 9.79. The van der Waals surface area contributed by atoms with E-state index in [0.717, 1.165) is 17.1 Å². The Morgan fingerprint density at radius 3 is 2.51 bits per heavy atom. The normalized spacial score (nSPS) is 17.5. The second-order valence-electron chi connectivity index (χ2n) is 10.4. The fraction of sp³-hybridized carbons (Fsp3) is 0.538. The number of ether oxygens (including phenoxy) is 3. The van der Waals surface area contributed by atoms with Crippen molar-refractivity contribution < 1.29 is 19.0 Å². The van der Waals surface area contributed by atoms with E-state index in [1.807, 2.05) is 46.0 Å². The van der Waals surface area contributed by atoms with Crippen LogP contribution in [0.2, 0.25) is 0 Å². The molecule has 1 amide bonds. The minimum Gasteiger partial charge on any atom is -0.444 e. The molecule has 0 unspecified atom stereocenters. The van der Waals surface area contributed by atoms with Crippen molar-refractivity contribution in [1.82, 2.24) is 14.9 Å². The van der Waals surface area contributed by atoms with E-state index in [2.05, 4.69) is 27.0 Å². The van der Waals surface area contributed by atoms with Crippen LogP contribution in [-0.2, 0) is 20.8 Å². The number of likely N-dealkylation sites (tertiary alicyclic amines) is 1. The highest BCUT2D eigenvalue weighted by Gasteiger charge is 2.49. The number of carbonyl (C=O) groups excluding carboxylic acids is 1. The van der Waals surface area contributed by atoms with Gasteiger partial charge in [-0.1, -0.05) is 6.07 Å². The molecule has 4 heterocycles. The summed E-state index contributed by atoms with van der Waals surface area (Å²) >= 11 is 0. The van der Waals surface area contributed by atoms with Crippen LogP contribution in [0.5, 0.6) is 0 Å². The Hall–Kier alpha value is -3.22. The Morgan fingerprint density at radius 1 is 1.20 bits per heavy atom. The van der Waals surface area contributed by atoms with Crippen molar-refractivity contribution >= 4 is 11.9 Å². The highest BCUT2D eigenvalue weighted by atomic mass is 16.7. The Kier molecular flexibility index (Phi) is 7.24. The average molecular weight is 480 g/mol. The molecular weight excluding hydrogens is 446 g/mol. The molecule has 2 aromatic rings. The highest BCUT2D eigenvalue weighted by molar-refractivity contribution is 5.69. The first-order chi connectivity index (χ1) is 16.6. The van der Waals surface area contributed by atoms with Crippen LogP contribution in [0.3, 0.4) is 0 Å². The predicted molar refractivity (Wildman–Crippen MR) is 130 cm³/mol. The van der Waals surface area contributed by atoms with Crippen molar-refractivity contribution in [2.24, 2.45) is 5.41 Å². The number of hydrogen-bond donors (Lipinski definition) is 0. The van der Waals surface area contributed by atoms with Crippen molar-refractivity contribution in [2.75, 3.05) is 37.7 Å². The molecule has 186 valence electrons. The predicted octanol–water partition coefficient (Wildman–Crippen LogP) is 3.66. The monoisotopic (exact) mass is 479 g/mol. The van der Waals surface area contributed by atoms with Gasteiger partial charge in [-0.2, -0.15) is 5.26 Å². The Morgan fingerprint density at radius 2 is 1.94 bits per heavy atom. The first-order valence-corrected chi connectivity index (χ1v) is 11.9. The van der Waals surface area contributed by atoms with Crippen LogP contribution in [0.25, 0.3) is 0 Å². The summed E-state index contributed by atoms with van der Waals surface area (Å²) in [6.07, 6.45) is 3.50. The number of anilines is 1. The molecule has 2 saturated heterocycles. The van der Waals surface area contributed by atoms with Gasteiger partial charge in [-0.15, -0.1) is 0 Å². The SMILES string of the molecule is Cc1ccc(CN(CCC2OCC3(CO2)CN(C(=O)OC(C)(C)C)C3)c2ccc(C#N)cn2)cn1. The first-order valence-electron chi connectivity index (χ1n) is 11.9. The van der Waals surface area contributed by atoms with Crippen molar-refractivity contribution in [3.8, 4) is 6.07 Å². The fourth-order valence-corrected chi connectivity index (χ4v) is 4.18. The molecule has 1 spiro atoms. The quantitative estimate of drug-likeness (QED) is 0.619. The van der Waals surface area contributed by atoms with Crippen LogP contribution in [0.15, 0.2) is 36.7 Å². The van der Waals surface area contributed by atoms with E-state index in [4.69, 9.17) is 19.5 Å². The number of nitrogens with zero attached hydrogens (tertiary/aromatic N) is 5. The van der Waals surface area contributed by atoms with Gasteiger partial charge in [0.05, 0.1) is 24.2 Å². The summed E-state index contributed by atoms with van der Waals surface area (Å²) in [5.74, 6) is 0.781. The maximum Gasteiger partial charge on any atom is 0.410 e. The minimum atomic E-state index is -0.505. The summed E-state index contributed by atoms with van der Waals surface area (Å²) < 4.78 is 17.5. The fourth-order valence-electron chi connectivity index (χ4n) is 4.18. The van der Waals surface area contributed by atoms with Crippen LogP contribution < -0.4 is 4.90 Å². The van der Waals surface area contributed by atoms with Crippen molar-refractivity contribution in [2.45, 2.75) is 52.6 Å². The molecular formula is C26H33N5O4. The molecule has 0 N–H and O–H groups in total. The third-order valence-corrected chi connectivity index (χ3v) is 6.04. The summed E-state index contributed by atoms with van der Waals surface area (Å²) in [5.41, 5.74) is 1.90. The van der Waals surface area contributed by atoms with Gasteiger partial charge >= 0.3 is 6.09 Å². The maximum atomic E-state index is 12.2. The van der Waals surface area contributed by atoms with Crippen LogP contribution in [0.1, 0.15) is 44.0 Å². The molecule has 2 fully saturated rings. The Labute approximate surface area is 206 Å². The lowest BCUT2D eigenvalue weighted by molar-refractivity contribution is -0.254. The highest BCUT2D eigenvalue weighted by Crippen LogP contribution is 2.36. The maximum absolute atomic E-state index is 12.2. The number of aryl methyl sites for hydroxylation is 1. The molecule has 9 heteroatoms. The zero-order valence-corrected chi connectivity index (χ0v) is 20.9. The van der Waals surface area contributed by atoms with E-state index < -0.39 is 5.60 Å². The lowest BCUT2D eigenvalue weighted by Gasteiger charge is -2.52. The lowest BCUT2D eigenvalue weighted by Crippen LogP contribution is -2.65. The Balaban J connectivity index is 1.31. The number of amides is 1. The molecule has 2 aliphatic rings. The molecule has 35 heavy (non-hydrogen) atoms. The smallest absolute Gasteiger partial charge is 0.410 e. The number of pyridine rings is 2. The molecule has 0 radical (unpaired) electrons. The molecule has 2 aromatic heterocycles. The topological polar surface area (TPSA) is 101 Å². The molecule has 0 aromatic carbocycles. The molecule has 9 nitrogen and oxygen atoms in total. The van der Waals surface area contributed by atoms with Gasteiger partial charge in [-0.3, -0.25) is 4.98 Å². The third-order valence-electron chi connectivity index (χ3n) is 6.04. The van der Waals surface area contributed by atoms with Crippen molar-refractivity contribution in [3.63, 3.8) is 0 Å². The van der Waals surface area contributed by atoms with E-state index >= 15 is 0 Å². The van der Waals surface area contributed by atoms with Gasteiger partial charge in [-0.05, 0) is 51.5 Å². The van der Waals surface area contributed by atoms with Gasteiger partial charge < -0.3 is 24.0 Å². The number of nitriles is 1. The van der Waals surface area contributed by atoms with Gasteiger partial charge in [0, 0.05) is 50.7 Å². The summed E-state index contributed by atoms with van der Waals surface area (Å²) in [7, 11) is 0. The summed E-state index contributed by atoms with van der Waals surface area (Å²) in [4.78, 5) is 24.9. The largest absolute Gasteiger partial charge is 0.444 e. The van der Waals surface area contributed by atoms with E-state index in [1.54, 1.807) is 17.2 Å². The number of carbonyl (C=O) groups is 1. The zero-order valence-electron chi connectivity index (χ0n) is 20.9. The molecule has 0 saturated carbocycles. The first kappa shape index (κ1) is 24.9. The van der Waals surface area contributed by atoms with Gasteiger partial charge in [-0.25, -0.2) is 9.78 Å². The van der Waals surface area contributed by atoms with Gasteiger partial charge in [0.15, 0.2) is 6.29 Å². The van der Waals surface area contributed by atoms with E-state index in [0.29, 0.717) is 51.4 Å². The second-order valence-corrected chi connectivity index (χ2v) is 10.4. The van der Waals surface area contributed by atoms with Gasteiger partial charge in [0.1, 0.15) is 17.5 Å². The third kappa shape index (κ3) is 6.47. The molecule has 0 aliphatic carbocycles. The molecule has 4 rings (SSSR count). The van der Waals surface area contributed by atoms with Crippen molar-refractivity contribution in [1.29, 1.82) is 5.26 Å². The van der Waals surface area contributed by atoms with E-state index in [1.165, 1.54) is 0 Å². The average Bonchev–Trinajstić information content (AvgIpc) is 2.81. The summed E-state index contributed by atoms with van der Waals surface area (Å²) in [5, 5.41) is 9.09. The standard InChI is InChI=1S/C26H33N5O4/c1-19-5-6-21(13-28-19)14-30(22-8-7-20(11-27)12-29-22)10-9-23-33-17-26(18-34-23)15-31(16-26)24(32)35-25(2,3)4/h5-8,12-13,23H,9-10,14-18H2,1-4H3. The number of aromatic nitrogens is 2. The van der Waals surface area contributed by atoms with Crippen LogP contribution in [0, 0.1) is 23.7 Å². The summed E-state index contributed by atoms with van der Waals surface area (Å²) in [6.45, 7) is 11.1. The second kappa shape index (κ2) is 10.2. The van der Waals surface area contributed by atoms with Crippen LogP contribution >= 0.6 is 0 Å². The number of rotatable bonds is 6. The van der Waals surface area contributed by atoms with Crippen molar-refractivity contribution in [3.05, 3.63) is 53.5 Å². The Bertz CT molecular complexity index is 1040. The minimum absolute atomic E-state index is 0.157. The molecule has 2 aliphatic heterocycles. The zero-order chi connectivity index (χ0) is 25.1. The van der Waals surface area contributed by atoms with Crippen LogP contribution in [0.4, 0.5) is 10.6 Å². The lowest BCUT2D eigenvalue weighted by atomic mass is 9.81. The van der Waals surface area contributed by atoms with E-state index in [9.17, 15) is 4.79 Å². The van der Waals surface area contributed by atoms with Crippen LogP contribution in [-0.4, -0.2) is 65.7 Å². The van der Waals surface area contributed by atoms with Gasteiger partial charge in [0.25, 0.3) is 0 Å².